The van der Waals surface area contributed by atoms with Gasteiger partial charge in [0, 0.05) is 25.1 Å². The van der Waals surface area contributed by atoms with Crippen LogP contribution >= 0.6 is 0 Å². The topological polar surface area (TPSA) is 165 Å². The highest BCUT2D eigenvalue weighted by atomic mass is 16.8. The molecule has 1 aromatic carbocycles. The second-order valence-corrected chi connectivity index (χ2v) is 12.2. The number of nitrogens with one attached hydrogen (secondary N) is 1. The Labute approximate surface area is 252 Å². The molecule has 0 saturated carbocycles. The number of carbonyl (C=O) groups excluding carboxylic acids is 1. The van der Waals surface area contributed by atoms with E-state index >= 15 is 0 Å². The fraction of sp³-hybridized carbons (Fsp3) is 0.600. The minimum Gasteiger partial charge on any atom is -0.491 e. The van der Waals surface area contributed by atoms with E-state index in [1.807, 2.05) is 38.3 Å². The van der Waals surface area contributed by atoms with E-state index < -0.39 is 12.0 Å². The van der Waals surface area contributed by atoms with E-state index in [2.05, 4.69) is 39.0 Å². The first-order valence-electron chi connectivity index (χ1n) is 15.0. The lowest BCUT2D eigenvalue weighted by Gasteiger charge is -2.31. The molecule has 2 fully saturated rings. The van der Waals surface area contributed by atoms with Crippen LogP contribution in [0.4, 0.5) is 17.2 Å². The first kappa shape index (κ1) is 30.9. The summed E-state index contributed by atoms with van der Waals surface area (Å²) in [6.07, 6.45) is 3.77. The number of hydrogen-bond acceptors (Lipinski definition) is 11. The van der Waals surface area contributed by atoms with E-state index in [0.717, 1.165) is 19.4 Å². The SMILES string of the molecule is CC(C)Oc1ccc(NC(=O)CCCCN(C[C@H]2O[C@@H](n3cnc4c(N)ncnc43)[C@@H]3OC(C)(C)O[C@@H]32)C(C)C)c(N)c1. The zero-order valence-corrected chi connectivity index (χ0v) is 25.8. The average molecular weight is 597 g/mol. The van der Waals surface area contributed by atoms with Crippen LogP contribution in [0.2, 0.25) is 0 Å². The number of aromatic nitrogens is 4. The van der Waals surface area contributed by atoms with Gasteiger partial charge in [-0.05, 0) is 73.1 Å². The van der Waals surface area contributed by atoms with Gasteiger partial charge >= 0.3 is 0 Å². The Hall–Kier alpha value is -3.52. The highest BCUT2D eigenvalue weighted by molar-refractivity contribution is 5.94. The van der Waals surface area contributed by atoms with E-state index in [9.17, 15) is 4.79 Å². The highest BCUT2D eigenvalue weighted by Crippen LogP contribution is 2.44. The fourth-order valence-corrected chi connectivity index (χ4v) is 5.69. The van der Waals surface area contributed by atoms with Crippen molar-refractivity contribution in [3.8, 4) is 5.75 Å². The van der Waals surface area contributed by atoms with Crippen molar-refractivity contribution < 1.29 is 23.7 Å². The van der Waals surface area contributed by atoms with Crippen LogP contribution in [0.5, 0.6) is 5.75 Å². The predicted molar refractivity (Wildman–Crippen MR) is 163 cm³/mol. The van der Waals surface area contributed by atoms with Gasteiger partial charge < -0.3 is 35.7 Å². The molecule has 13 nitrogen and oxygen atoms in total. The second-order valence-electron chi connectivity index (χ2n) is 12.2. The van der Waals surface area contributed by atoms with Gasteiger partial charge in [-0.2, -0.15) is 0 Å². The van der Waals surface area contributed by atoms with E-state index in [0.29, 0.717) is 47.1 Å². The van der Waals surface area contributed by atoms with Crippen LogP contribution in [0.15, 0.2) is 30.9 Å². The molecule has 2 aliphatic heterocycles. The number of carbonyl (C=O) groups is 1. The molecule has 5 N–H and O–H groups in total. The number of benzene rings is 1. The van der Waals surface area contributed by atoms with Gasteiger partial charge in [-0.3, -0.25) is 14.3 Å². The highest BCUT2D eigenvalue weighted by Gasteiger charge is 2.56. The van der Waals surface area contributed by atoms with E-state index in [-0.39, 0.29) is 36.4 Å². The standard InChI is InChI=1S/C30H44N8O5/c1-17(2)37(12-8-7-9-23(39)36-21-11-10-19(13-20(21)31)40-18(3)4)14-22-25-26(43-30(5,6)42-25)29(41-22)38-16-35-24-27(32)33-15-34-28(24)38/h10-11,13,15-18,22,25-26,29H,7-9,12,14,31H2,1-6H3,(H,36,39)(H2,32,33,34)/t22-,25-,26-,29-/m1/s1. The van der Waals surface area contributed by atoms with Gasteiger partial charge in [0.1, 0.15) is 35.9 Å². The summed E-state index contributed by atoms with van der Waals surface area (Å²) in [6.45, 7) is 13.5. The predicted octanol–water partition coefficient (Wildman–Crippen LogP) is 3.71. The second kappa shape index (κ2) is 12.6. The first-order chi connectivity index (χ1) is 20.4. The number of hydrogen-bond donors (Lipinski definition) is 3. The normalized spacial score (nSPS) is 23.0. The molecule has 1 amide bonds. The third-order valence-corrected chi connectivity index (χ3v) is 7.70. The zero-order chi connectivity index (χ0) is 30.9. The minimum atomic E-state index is -0.749. The summed E-state index contributed by atoms with van der Waals surface area (Å²) in [4.78, 5) is 27.9. The first-order valence-corrected chi connectivity index (χ1v) is 15.0. The molecule has 4 heterocycles. The Bertz CT molecular complexity index is 1430. The number of nitrogens with zero attached hydrogens (tertiary/aromatic N) is 5. The number of unbranched alkanes of at least 4 members (excludes halogenated alkanes) is 1. The van der Waals surface area contributed by atoms with Crippen LogP contribution in [0.3, 0.4) is 0 Å². The van der Waals surface area contributed by atoms with Gasteiger partial charge in [-0.15, -0.1) is 0 Å². The number of ether oxygens (including phenoxy) is 4. The minimum absolute atomic E-state index is 0.0474. The molecule has 5 rings (SSSR count). The maximum atomic E-state index is 12.6. The molecule has 2 aromatic heterocycles. The van der Waals surface area contributed by atoms with Crippen LogP contribution in [-0.2, 0) is 19.0 Å². The van der Waals surface area contributed by atoms with Gasteiger partial charge in [0.05, 0.1) is 23.8 Å². The average Bonchev–Trinajstić information content (AvgIpc) is 3.58. The molecule has 0 radical (unpaired) electrons. The summed E-state index contributed by atoms with van der Waals surface area (Å²) in [5, 5.41) is 2.92. The molecule has 0 aliphatic carbocycles. The van der Waals surface area contributed by atoms with E-state index in [4.69, 9.17) is 30.4 Å². The summed E-state index contributed by atoms with van der Waals surface area (Å²) < 4.78 is 26.8. The molecule has 0 unspecified atom stereocenters. The summed E-state index contributed by atoms with van der Waals surface area (Å²) in [6, 6.07) is 5.58. The van der Waals surface area contributed by atoms with Gasteiger partial charge in [-0.25, -0.2) is 15.0 Å². The van der Waals surface area contributed by atoms with Crippen LogP contribution in [-0.4, -0.2) is 79.7 Å². The number of nitrogens with two attached hydrogens (primary N) is 2. The number of rotatable bonds is 12. The van der Waals surface area contributed by atoms with Crippen LogP contribution in [0, 0.1) is 0 Å². The van der Waals surface area contributed by atoms with Crippen molar-refractivity contribution in [1.82, 2.24) is 24.4 Å². The third-order valence-electron chi connectivity index (χ3n) is 7.70. The lowest BCUT2D eigenvalue weighted by molar-refractivity contribution is -0.198. The Morgan fingerprint density at radius 3 is 2.60 bits per heavy atom. The van der Waals surface area contributed by atoms with Crippen molar-refractivity contribution in [2.75, 3.05) is 29.9 Å². The molecule has 3 aromatic rings. The Morgan fingerprint density at radius 2 is 1.88 bits per heavy atom. The summed E-state index contributed by atoms with van der Waals surface area (Å²) in [5.41, 5.74) is 14.3. The van der Waals surface area contributed by atoms with Crippen LogP contribution < -0.4 is 21.5 Å². The van der Waals surface area contributed by atoms with Gasteiger partial charge in [0.15, 0.2) is 23.5 Å². The summed E-state index contributed by atoms with van der Waals surface area (Å²) in [7, 11) is 0. The molecule has 0 spiro atoms. The summed E-state index contributed by atoms with van der Waals surface area (Å²) >= 11 is 0. The molecular formula is C30H44N8O5. The van der Waals surface area contributed by atoms with Crippen molar-refractivity contribution >= 4 is 34.3 Å². The molecule has 43 heavy (non-hydrogen) atoms. The molecule has 13 heteroatoms. The Balaban J connectivity index is 1.17. The van der Waals surface area contributed by atoms with Gasteiger partial charge in [0.2, 0.25) is 5.91 Å². The number of amides is 1. The van der Waals surface area contributed by atoms with Crippen molar-refractivity contribution in [3.63, 3.8) is 0 Å². The quantitative estimate of drug-likeness (QED) is 0.206. The Kier molecular flexibility index (Phi) is 9.07. The van der Waals surface area contributed by atoms with E-state index in [1.165, 1.54) is 6.33 Å². The van der Waals surface area contributed by atoms with Crippen molar-refractivity contribution in [3.05, 3.63) is 30.9 Å². The number of nitrogen functional groups attached to an aromatic ring is 2. The molecule has 2 saturated heterocycles. The van der Waals surface area contributed by atoms with Gasteiger partial charge in [-0.1, -0.05) is 0 Å². The maximum absolute atomic E-state index is 12.6. The fourth-order valence-electron chi connectivity index (χ4n) is 5.69. The number of fused-ring (bicyclic) bond motifs is 2. The third kappa shape index (κ3) is 7.01. The largest absolute Gasteiger partial charge is 0.491 e. The Morgan fingerprint density at radius 1 is 1.12 bits per heavy atom. The zero-order valence-electron chi connectivity index (χ0n) is 25.8. The van der Waals surface area contributed by atoms with Crippen LogP contribution in [0.1, 0.15) is 67.0 Å². The maximum Gasteiger partial charge on any atom is 0.224 e. The monoisotopic (exact) mass is 596 g/mol. The number of anilines is 3. The van der Waals surface area contributed by atoms with Crippen molar-refractivity contribution in [2.45, 2.75) is 103 Å². The molecule has 0 bridgehead atoms. The van der Waals surface area contributed by atoms with Crippen molar-refractivity contribution in [1.29, 1.82) is 0 Å². The molecular weight excluding hydrogens is 552 g/mol. The molecule has 234 valence electrons. The molecule has 4 atom stereocenters. The molecule has 2 aliphatic rings. The van der Waals surface area contributed by atoms with E-state index in [1.54, 1.807) is 18.5 Å². The number of imidazole rings is 1. The lowest BCUT2D eigenvalue weighted by Crippen LogP contribution is -2.43. The smallest absolute Gasteiger partial charge is 0.224 e. The van der Waals surface area contributed by atoms with Gasteiger partial charge in [0.25, 0.3) is 0 Å². The lowest BCUT2D eigenvalue weighted by atomic mass is 10.1. The van der Waals surface area contributed by atoms with Crippen LogP contribution in [0.25, 0.3) is 11.2 Å². The summed E-state index contributed by atoms with van der Waals surface area (Å²) in [5.74, 6) is 0.177. The van der Waals surface area contributed by atoms with Crippen molar-refractivity contribution in [2.24, 2.45) is 0 Å².